The standard InChI is InChI=1S/C22H30N4O4/c1-14-10-26(11-15(2)30-14)22-23-19-13-25(8-7-18(19)21(27)24-22)12-16-9-17(28-3)5-6-20(16)29-4/h5-6,9,14-15H,7-8,10-13H2,1-4H3,(H,23,24,27)/t14-,15-/m1/s1. The molecular formula is C22H30N4O4. The second-order valence-electron chi connectivity index (χ2n) is 8.12. The van der Waals surface area contributed by atoms with Crippen molar-refractivity contribution in [2.45, 2.75) is 45.6 Å². The lowest BCUT2D eigenvalue weighted by Crippen LogP contribution is -2.47. The molecule has 2 aromatic rings. The molecule has 1 fully saturated rings. The van der Waals surface area contributed by atoms with Crippen molar-refractivity contribution in [3.63, 3.8) is 0 Å². The number of hydrogen-bond donors (Lipinski definition) is 1. The van der Waals surface area contributed by atoms with Crippen molar-refractivity contribution in [1.29, 1.82) is 0 Å². The quantitative estimate of drug-likeness (QED) is 0.801. The fourth-order valence-electron chi connectivity index (χ4n) is 4.36. The summed E-state index contributed by atoms with van der Waals surface area (Å²) in [5, 5.41) is 0. The number of nitrogens with zero attached hydrogens (tertiary/aromatic N) is 3. The molecule has 162 valence electrons. The number of aromatic nitrogens is 2. The number of morpholine rings is 1. The van der Waals surface area contributed by atoms with Gasteiger partial charge in [-0.2, -0.15) is 0 Å². The molecule has 0 amide bonds. The van der Waals surface area contributed by atoms with Crippen molar-refractivity contribution in [3.8, 4) is 11.5 Å². The van der Waals surface area contributed by atoms with E-state index in [0.29, 0.717) is 25.5 Å². The van der Waals surface area contributed by atoms with Crippen molar-refractivity contribution >= 4 is 5.95 Å². The monoisotopic (exact) mass is 414 g/mol. The Bertz CT molecular complexity index is 951. The van der Waals surface area contributed by atoms with Crippen LogP contribution in [0.5, 0.6) is 11.5 Å². The number of methoxy groups -OCH3 is 2. The van der Waals surface area contributed by atoms with Gasteiger partial charge in [0.05, 0.1) is 32.1 Å². The van der Waals surface area contributed by atoms with Crippen LogP contribution in [0.2, 0.25) is 0 Å². The van der Waals surface area contributed by atoms with Crippen molar-refractivity contribution in [3.05, 3.63) is 45.4 Å². The molecule has 3 heterocycles. The minimum absolute atomic E-state index is 0.0274. The predicted molar refractivity (Wildman–Crippen MR) is 114 cm³/mol. The molecule has 0 unspecified atom stereocenters. The zero-order valence-corrected chi connectivity index (χ0v) is 18.1. The zero-order valence-electron chi connectivity index (χ0n) is 18.1. The van der Waals surface area contributed by atoms with Gasteiger partial charge in [-0.25, -0.2) is 4.98 Å². The number of rotatable bonds is 5. The van der Waals surface area contributed by atoms with E-state index in [-0.39, 0.29) is 17.8 Å². The highest BCUT2D eigenvalue weighted by Crippen LogP contribution is 2.27. The lowest BCUT2D eigenvalue weighted by molar-refractivity contribution is -0.00576. The Labute approximate surface area is 176 Å². The molecule has 8 nitrogen and oxygen atoms in total. The van der Waals surface area contributed by atoms with E-state index in [2.05, 4.69) is 14.8 Å². The van der Waals surface area contributed by atoms with Crippen LogP contribution in [0.3, 0.4) is 0 Å². The second-order valence-corrected chi connectivity index (χ2v) is 8.12. The van der Waals surface area contributed by atoms with Crippen molar-refractivity contribution in [1.82, 2.24) is 14.9 Å². The van der Waals surface area contributed by atoms with Crippen LogP contribution in [0.1, 0.15) is 30.7 Å². The van der Waals surface area contributed by atoms with E-state index in [9.17, 15) is 4.79 Å². The summed E-state index contributed by atoms with van der Waals surface area (Å²) in [5.41, 5.74) is 2.68. The first-order valence-corrected chi connectivity index (χ1v) is 10.4. The van der Waals surface area contributed by atoms with Crippen LogP contribution in [0.4, 0.5) is 5.95 Å². The second kappa shape index (κ2) is 8.65. The topological polar surface area (TPSA) is 79.9 Å². The SMILES string of the molecule is COc1ccc(OC)c(CN2CCc3c(nc(N4C[C@@H](C)O[C@H](C)C4)[nH]c3=O)C2)c1. The minimum atomic E-state index is -0.0274. The summed E-state index contributed by atoms with van der Waals surface area (Å²) in [6, 6.07) is 5.82. The maximum absolute atomic E-state index is 12.7. The molecule has 0 aliphatic carbocycles. The highest BCUT2D eigenvalue weighted by atomic mass is 16.5. The summed E-state index contributed by atoms with van der Waals surface area (Å²) < 4.78 is 16.7. The van der Waals surface area contributed by atoms with Crippen LogP contribution in [0.25, 0.3) is 0 Å². The molecule has 2 aliphatic heterocycles. The molecule has 8 heteroatoms. The van der Waals surface area contributed by atoms with Crippen LogP contribution in [-0.2, 0) is 24.2 Å². The molecule has 0 spiro atoms. The summed E-state index contributed by atoms with van der Waals surface area (Å²) in [4.78, 5) is 25.0. The Hall–Kier alpha value is -2.58. The third kappa shape index (κ3) is 4.29. The Kier molecular flexibility index (Phi) is 5.97. The minimum Gasteiger partial charge on any atom is -0.497 e. The Balaban J connectivity index is 1.56. The summed E-state index contributed by atoms with van der Waals surface area (Å²) in [7, 11) is 3.34. The van der Waals surface area contributed by atoms with E-state index in [1.165, 1.54) is 0 Å². The smallest absolute Gasteiger partial charge is 0.255 e. The lowest BCUT2D eigenvalue weighted by Gasteiger charge is -2.36. The van der Waals surface area contributed by atoms with Crippen LogP contribution >= 0.6 is 0 Å². The normalized spacial score (nSPS) is 21.9. The molecule has 2 atom stereocenters. The summed E-state index contributed by atoms with van der Waals surface area (Å²) in [5.74, 6) is 2.27. The molecule has 1 saturated heterocycles. The number of aromatic amines is 1. The maximum Gasteiger partial charge on any atom is 0.255 e. The van der Waals surface area contributed by atoms with Gasteiger partial charge in [0.1, 0.15) is 11.5 Å². The molecule has 1 aromatic carbocycles. The molecule has 2 aliphatic rings. The van der Waals surface area contributed by atoms with E-state index in [1.807, 2.05) is 32.0 Å². The van der Waals surface area contributed by atoms with Crippen LogP contribution in [0.15, 0.2) is 23.0 Å². The van der Waals surface area contributed by atoms with Gasteiger partial charge < -0.3 is 19.1 Å². The molecule has 1 aromatic heterocycles. The van der Waals surface area contributed by atoms with Gasteiger partial charge in [-0.1, -0.05) is 0 Å². The number of H-pyrrole nitrogens is 1. The van der Waals surface area contributed by atoms with Gasteiger partial charge in [0.15, 0.2) is 0 Å². The first-order valence-electron chi connectivity index (χ1n) is 10.4. The van der Waals surface area contributed by atoms with Crippen molar-refractivity contribution in [2.75, 3.05) is 38.8 Å². The number of hydrogen-bond acceptors (Lipinski definition) is 7. The van der Waals surface area contributed by atoms with E-state index >= 15 is 0 Å². The summed E-state index contributed by atoms with van der Waals surface area (Å²) >= 11 is 0. The number of ether oxygens (including phenoxy) is 3. The molecular weight excluding hydrogens is 384 g/mol. The van der Waals surface area contributed by atoms with E-state index < -0.39 is 0 Å². The van der Waals surface area contributed by atoms with Gasteiger partial charge in [0.25, 0.3) is 5.56 Å². The molecule has 0 radical (unpaired) electrons. The largest absolute Gasteiger partial charge is 0.497 e. The van der Waals surface area contributed by atoms with E-state index in [0.717, 1.165) is 48.0 Å². The zero-order chi connectivity index (χ0) is 21.3. The highest BCUT2D eigenvalue weighted by molar-refractivity contribution is 5.41. The van der Waals surface area contributed by atoms with Crippen molar-refractivity contribution in [2.24, 2.45) is 0 Å². The first kappa shape index (κ1) is 20.7. The third-order valence-electron chi connectivity index (χ3n) is 5.74. The molecule has 30 heavy (non-hydrogen) atoms. The summed E-state index contributed by atoms with van der Waals surface area (Å²) in [6.45, 7) is 7.65. The van der Waals surface area contributed by atoms with Gasteiger partial charge in [-0.3, -0.25) is 14.7 Å². The highest BCUT2D eigenvalue weighted by Gasteiger charge is 2.27. The van der Waals surface area contributed by atoms with Gasteiger partial charge in [-0.05, 0) is 38.5 Å². The third-order valence-corrected chi connectivity index (χ3v) is 5.74. The number of benzene rings is 1. The molecule has 4 rings (SSSR count). The lowest BCUT2D eigenvalue weighted by atomic mass is 10.1. The van der Waals surface area contributed by atoms with Crippen LogP contribution in [-0.4, -0.2) is 60.9 Å². The predicted octanol–water partition coefficient (Wildman–Crippen LogP) is 1.96. The fourth-order valence-corrected chi connectivity index (χ4v) is 4.36. The molecule has 0 saturated carbocycles. The van der Waals surface area contributed by atoms with Gasteiger partial charge >= 0.3 is 0 Å². The summed E-state index contributed by atoms with van der Waals surface area (Å²) in [6.07, 6.45) is 0.888. The Morgan fingerprint density at radius 1 is 1.20 bits per heavy atom. The average molecular weight is 415 g/mol. The Morgan fingerprint density at radius 3 is 2.67 bits per heavy atom. The van der Waals surface area contributed by atoms with Crippen molar-refractivity contribution < 1.29 is 14.2 Å². The average Bonchev–Trinajstić information content (AvgIpc) is 2.72. The Morgan fingerprint density at radius 2 is 1.97 bits per heavy atom. The number of nitrogens with one attached hydrogen (secondary N) is 1. The van der Waals surface area contributed by atoms with Gasteiger partial charge in [0, 0.05) is 43.9 Å². The van der Waals surface area contributed by atoms with E-state index in [4.69, 9.17) is 19.2 Å². The van der Waals surface area contributed by atoms with Gasteiger partial charge in [0.2, 0.25) is 5.95 Å². The maximum atomic E-state index is 12.7. The number of fused-ring (bicyclic) bond motifs is 1. The number of anilines is 1. The van der Waals surface area contributed by atoms with Gasteiger partial charge in [-0.15, -0.1) is 0 Å². The molecule has 1 N–H and O–H groups in total. The van der Waals surface area contributed by atoms with E-state index in [1.54, 1.807) is 14.2 Å². The first-order chi connectivity index (χ1) is 14.5. The van der Waals surface area contributed by atoms with Crippen LogP contribution in [0, 0.1) is 0 Å². The fraction of sp³-hybridized carbons (Fsp3) is 0.545. The molecule has 0 bridgehead atoms. The van der Waals surface area contributed by atoms with Crippen LogP contribution < -0.4 is 19.9 Å².